The number of para-hydroxylation sites is 1. The Bertz CT molecular complexity index is 460. The summed E-state index contributed by atoms with van der Waals surface area (Å²) in [7, 11) is 0. The molecule has 1 rings (SSSR count). The minimum absolute atomic E-state index is 0.109. The van der Waals surface area contributed by atoms with Crippen LogP contribution >= 0.6 is 11.6 Å². The fourth-order valence-corrected chi connectivity index (χ4v) is 1.81. The smallest absolute Gasteiger partial charge is 0.234 e. The van der Waals surface area contributed by atoms with Gasteiger partial charge in [0.15, 0.2) is 0 Å². The van der Waals surface area contributed by atoms with Crippen molar-refractivity contribution in [2.45, 2.75) is 32.4 Å². The molecule has 0 bridgehead atoms. The molecule has 5 nitrogen and oxygen atoms in total. The van der Waals surface area contributed by atoms with Gasteiger partial charge in [-0.2, -0.15) is 0 Å². The number of hydrogen-bond donors (Lipinski definition) is 3. The van der Waals surface area contributed by atoms with Gasteiger partial charge >= 0.3 is 0 Å². The molecule has 3 N–H and O–H groups in total. The van der Waals surface area contributed by atoms with E-state index >= 15 is 0 Å². The number of benzene rings is 1. The van der Waals surface area contributed by atoms with Crippen molar-refractivity contribution in [1.29, 1.82) is 0 Å². The van der Waals surface area contributed by atoms with Crippen molar-refractivity contribution < 1.29 is 14.6 Å². The van der Waals surface area contributed by atoms with Gasteiger partial charge < -0.3 is 20.5 Å². The Balaban J connectivity index is 2.21. The number of halogens is 1. The Labute approximate surface area is 130 Å². The molecule has 0 aliphatic carbocycles. The maximum Gasteiger partial charge on any atom is 0.234 e. The number of rotatable bonds is 7. The molecule has 0 saturated carbocycles. The van der Waals surface area contributed by atoms with Crippen LogP contribution in [0.1, 0.15) is 20.8 Å². The zero-order valence-corrected chi connectivity index (χ0v) is 13.4. The number of aliphatic hydroxyl groups excluding tert-OH is 1. The molecule has 1 aromatic carbocycles. The molecule has 0 saturated heterocycles. The Morgan fingerprint density at radius 3 is 2.67 bits per heavy atom. The minimum Gasteiger partial charge on any atom is -0.489 e. The van der Waals surface area contributed by atoms with Crippen LogP contribution in [0.25, 0.3) is 0 Å². The lowest BCUT2D eigenvalue weighted by Gasteiger charge is -2.21. The third kappa shape index (κ3) is 7.90. The fourth-order valence-electron chi connectivity index (χ4n) is 1.62. The predicted octanol–water partition coefficient (Wildman–Crippen LogP) is 1.58. The van der Waals surface area contributed by atoms with Gasteiger partial charge in [0.2, 0.25) is 5.91 Å². The lowest BCUT2D eigenvalue weighted by molar-refractivity contribution is -0.121. The molecule has 0 aliphatic heterocycles. The normalized spacial score (nSPS) is 12.8. The summed E-state index contributed by atoms with van der Waals surface area (Å²) in [5, 5.41) is 16.0. The fraction of sp³-hybridized carbons (Fsp3) is 0.533. The Morgan fingerprint density at radius 2 is 2.05 bits per heavy atom. The molecule has 1 atom stereocenters. The molecule has 0 radical (unpaired) electrons. The quantitative estimate of drug-likeness (QED) is 0.715. The molecule has 1 amide bonds. The van der Waals surface area contributed by atoms with Crippen molar-refractivity contribution in [2.75, 3.05) is 19.7 Å². The second-order valence-electron chi connectivity index (χ2n) is 5.82. The van der Waals surface area contributed by atoms with Crippen LogP contribution in [0.2, 0.25) is 5.02 Å². The lowest BCUT2D eigenvalue weighted by Crippen LogP contribution is -2.46. The number of carbonyl (C=O) groups excluding carboxylic acids is 1. The van der Waals surface area contributed by atoms with E-state index < -0.39 is 6.10 Å². The topological polar surface area (TPSA) is 70.6 Å². The first-order chi connectivity index (χ1) is 9.78. The van der Waals surface area contributed by atoms with Gasteiger partial charge in [-0.05, 0) is 32.9 Å². The highest BCUT2D eigenvalue weighted by molar-refractivity contribution is 6.32. The zero-order chi connectivity index (χ0) is 15.9. The highest BCUT2D eigenvalue weighted by Crippen LogP contribution is 2.22. The number of aliphatic hydroxyl groups is 1. The van der Waals surface area contributed by atoms with Crippen molar-refractivity contribution in [3.8, 4) is 5.75 Å². The van der Waals surface area contributed by atoms with Gasteiger partial charge in [0.25, 0.3) is 0 Å². The summed E-state index contributed by atoms with van der Waals surface area (Å²) in [6, 6.07) is 7.07. The molecular formula is C15H23ClN2O3. The molecule has 6 heteroatoms. The van der Waals surface area contributed by atoms with E-state index in [1.807, 2.05) is 26.8 Å². The van der Waals surface area contributed by atoms with E-state index in [0.29, 0.717) is 10.8 Å². The van der Waals surface area contributed by atoms with E-state index in [1.165, 1.54) is 0 Å². The molecule has 118 valence electrons. The molecule has 0 fully saturated rings. The summed E-state index contributed by atoms with van der Waals surface area (Å²) in [4.78, 5) is 11.6. The van der Waals surface area contributed by atoms with E-state index in [2.05, 4.69) is 10.6 Å². The number of carbonyl (C=O) groups is 1. The third-order valence-corrected chi connectivity index (χ3v) is 2.76. The van der Waals surface area contributed by atoms with Gasteiger partial charge in [0.05, 0.1) is 11.6 Å². The van der Waals surface area contributed by atoms with E-state index in [-0.39, 0.29) is 31.1 Å². The highest BCUT2D eigenvalue weighted by atomic mass is 35.5. The van der Waals surface area contributed by atoms with E-state index in [9.17, 15) is 9.90 Å². The number of hydrogen-bond acceptors (Lipinski definition) is 4. The SMILES string of the molecule is CC(C)(C)NC(=O)CNCC(O)COc1ccccc1Cl. The minimum atomic E-state index is -0.719. The number of amides is 1. The van der Waals surface area contributed by atoms with Crippen LogP contribution in [0, 0.1) is 0 Å². The summed E-state index contributed by atoms with van der Waals surface area (Å²) in [6.45, 7) is 6.27. The Morgan fingerprint density at radius 1 is 1.38 bits per heavy atom. The highest BCUT2D eigenvalue weighted by Gasteiger charge is 2.14. The van der Waals surface area contributed by atoms with Crippen molar-refractivity contribution in [3.63, 3.8) is 0 Å². The van der Waals surface area contributed by atoms with Gasteiger partial charge in [-0.15, -0.1) is 0 Å². The van der Waals surface area contributed by atoms with Crippen LogP contribution in [-0.2, 0) is 4.79 Å². The molecular weight excluding hydrogens is 292 g/mol. The van der Waals surface area contributed by atoms with Crippen LogP contribution in [-0.4, -0.2) is 42.4 Å². The second-order valence-corrected chi connectivity index (χ2v) is 6.23. The first-order valence-electron chi connectivity index (χ1n) is 6.85. The molecule has 0 heterocycles. The average Bonchev–Trinajstić information content (AvgIpc) is 2.35. The first-order valence-corrected chi connectivity index (χ1v) is 7.23. The number of ether oxygens (including phenoxy) is 1. The molecule has 0 aliphatic rings. The zero-order valence-electron chi connectivity index (χ0n) is 12.6. The van der Waals surface area contributed by atoms with Gasteiger partial charge in [0.1, 0.15) is 18.5 Å². The van der Waals surface area contributed by atoms with Crippen LogP contribution < -0.4 is 15.4 Å². The largest absolute Gasteiger partial charge is 0.489 e. The van der Waals surface area contributed by atoms with E-state index in [1.54, 1.807) is 18.2 Å². The van der Waals surface area contributed by atoms with Crippen LogP contribution in [0.15, 0.2) is 24.3 Å². The van der Waals surface area contributed by atoms with Crippen molar-refractivity contribution in [1.82, 2.24) is 10.6 Å². The van der Waals surface area contributed by atoms with Crippen molar-refractivity contribution >= 4 is 17.5 Å². The van der Waals surface area contributed by atoms with Crippen LogP contribution in [0.4, 0.5) is 0 Å². The van der Waals surface area contributed by atoms with Crippen LogP contribution in [0.5, 0.6) is 5.75 Å². The molecule has 1 unspecified atom stereocenters. The summed E-state index contributed by atoms with van der Waals surface area (Å²) >= 11 is 5.94. The maximum atomic E-state index is 11.6. The first kappa shape index (κ1) is 17.8. The monoisotopic (exact) mass is 314 g/mol. The standard InChI is InChI=1S/C15H23ClN2O3/c1-15(2,3)18-14(20)9-17-8-11(19)10-21-13-7-5-4-6-12(13)16/h4-7,11,17,19H,8-10H2,1-3H3,(H,18,20). The molecule has 21 heavy (non-hydrogen) atoms. The summed E-state index contributed by atoms with van der Waals surface area (Å²) < 4.78 is 5.41. The maximum absolute atomic E-state index is 11.6. The Kier molecular flexibility index (Phi) is 6.95. The summed E-state index contributed by atoms with van der Waals surface area (Å²) in [6.07, 6.45) is -0.719. The third-order valence-electron chi connectivity index (χ3n) is 2.45. The molecule has 0 aromatic heterocycles. The van der Waals surface area contributed by atoms with Gasteiger partial charge in [-0.1, -0.05) is 23.7 Å². The van der Waals surface area contributed by atoms with Gasteiger partial charge in [-0.25, -0.2) is 0 Å². The van der Waals surface area contributed by atoms with Gasteiger partial charge in [-0.3, -0.25) is 4.79 Å². The summed E-state index contributed by atoms with van der Waals surface area (Å²) in [5.41, 5.74) is -0.259. The Hall–Kier alpha value is -1.30. The van der Waals surface area contributed by atoms with Gasteiger partial charge in [0, 0.05) is 12.1 Å². The molecule has 1 aromatic rings. The van der Waals surface area contributed by atoms with E-state index in [4.69, 9.17) is 16.3 Å². The van der Waals surface area contributed by atoms with Crippen molar-refractivity contribution in [3.05, 3.63) is 29.3 Å². The van der Waals surface area contributed by atoms with E-state index in [0.717, 1.165) is 0 Å². The summed E-state index contributed by atoms with van der Waals surface area (Å²) in [5.74, 6) is 0.422. The second kappa shape index (κ2) is 8.22. The number of nitrogens with one attached hydrogen (secondary N) is 2. The predicted molar refractivity (Wildman–Crippen MR) is 83.7 cm³/mol. The lowest BCUT2D eigenvalue weighted by atomic mass is 10.1. The van der Waals surface area contributed by atoms with Crippen LogP contribution in [0.3, 0.4) is 0 Å². The average molecular weight is 315 g/mol. The van der Waals surface area contributed by atoms with Crippen molar-refractivity contribution in [2.24, 2.45) is 0 Å². The molecule has 0 spiro atoms.